The van der Waals surface area contributed by atoms with Gasteiger partial charge in [0.15, 0.2) is 17.2 Å². The molecule has 8 heteroatoms. The van der Waals surface area contributed by atoms with Gasteiger partial charge >= 0.3 is 11.9 Å². The Morgan fingerprint density at radius 3 is 2.24 bits per heavy atom. The normalized spacial score (nSPS) is 16.9. The third-order valence-corrected chi connectivity index (χ3v) is 2.59. The summed E-state index contributed by atoms with van der Waals surface area (Å²) in [6, 6.07) is 3.41. The number of nitrogens with zero attached hydrogens (tertiary/aromatic N) is 3. The lowest BCUT2D eigenvalue weighted by molar-refractivity contribution is -0.222. The SMILES string of the molecule is CN(C)c1ccc(NC=C2C(=O)OC(C)(C)OC2=O)nn1. The Morgan fingerprint density at radius 2 is 1.76 bits per heavy atom. The Bertz CT molecular complexity index is 571. The van der Waals surface area contributed by atoms with E-state index in [9.17, 15) is 9.59 Å². The number of hydrogen-bond donors (Lipinski definition) is 1. The highest BCUT2D eigenvalue weighted by Gasteiger charge is 2.38. The van der Waals surface area contributed by atoms with E-state index in [2.05, 4.69) is 15.5 Å². The van der Waals surface area contributed by atoms with E-state index in [1.807, 2.05) is 14.1 Å². The number of carbonyl (C=O) groups is 2. The van der Waals surface area contributed by atoms with Crippen LogP contribution in [-0.2, 0) is 19.1 Å². The quantitative estimate of drug-likeness (QED) is 0.493. The lowest BCUT2D eigenvalue weighted by atomic mass is 10.2. The number of aromatic nitrogens is 2. The number of anilines is 2. The summed E-state index contributed by atoms with van der Waals surface area (Å²) in [6.45, 7) is 2.97. The van der Waals surface area contributed by atoms with Crippen molar-refractivity contribution >= 4 is 23.6 Å². The van der Waals surface area contributed by atoms with Crippen molar-refractivity contribution in [1.29, 1.82) is 0 Å². The van der Waals surface area contributed by atoms with Crippen LogP contribution < -0.4 is 10.2 Å². The second kappa shape index (κ2) is 5.39. The molecule has 1 aromatic heterocycles. The Hall–Kier alpha value is -2.64. The van der Waals surface area contributed by atoms with Crippen LogP contribution in [0.4, 0.5) is 11.6 Å². The molecule has 1 fully saturated rings. The number of cyclic esters (lactones) is 2. The minimum absolute atomic E-state index is 0.229. The minimum Gasteiger partial charge on any atom is -0.419 e. The molecule has 0 spiro atoms. The first kappa shape index (κ1) is 14.8. The Balaban J connectivity index is 2.10. The molecule has 0 aliphatic carbocycles. The van der Waals surface area contributed by atoms with Crippen LogP contribution in [0.3, 0.4) is 0 Å². The van der Waals surface area contributed by atoms with Gasteiger partial charge in [0.2, 0.25) is 0 Å². The predicted octanol–water partition coefficient (Wildman–Crippen LogP) is 0.674. The summed E-state index contributed by atoms with van der Waals surface area (Å²) in [6.07, 6.45) is 1.19. The van der Waals surface area contributed by atoms with E-state index in [1.54, 1.807) is 17.0 Å². The lowest BCUT2D eigenvalue weighted by Crippen LogP contribution is -2.42. The highest BCUT2D eigenvalue weighted by atomic mass is 16.7. The van der Waals surface area contributed by atoms with E-state index in [4.69, 9.17) is 9.47 Å². The Kier molecular flexibility index (Phi) is 3.79. The van der Waals surface area contributed by atoms with Crippen molar-refractivity contribution in [1.82, 2.24) is 10.2 Å². The van der Waals surface area contributed by atoms with Crippen molar-refractivity contribution < 1.29 is 19.1 Å². The van der Waals surface area contributed by atoms with E-state index >= 15 is 0 Å². The fraction of sp³-hybridized carbons (Fsp3) is 0.385. The van der Waals surface area contributed by atoms with Gasteiger partial charge in [-0.3, -0.25) is 0 Å². The van der Waals surface area contributed by atoms with E-state index in [-0.39, 0.29) is 5.57 Å². The molecule has 2 rings (SSSR count). The lowest BCUT2D eigenvalue weighted by Gasteiger charge is -2.29. The summed E-state index contributed by atoms with van der Waals surface area (Å²) in [5, 5.41) is 10.6. The molecule has 0 bridgehead atoms. The molecule has 0 radical (unpaired) electrons. The second-order valence-electron chi connectivity index (χ2n) is 5.05. The van der Waals surface area contributed by atoms with Gasteiger partial charge in [0.25, 0.3) is 5.79 Å². The molecule has 0 amide bonds. The maximum Gasteiger partial charge on any atom is 0.350 e. The highest BCUT2D eigenvalue weighted by Crippen LogP contribution is 2.22. The molecule has 21 heavy (non-hydrogen) atoms. The Labute approximate surface area is 121 Å². The molecule has 1 aliphatic rings. The van der Waals surface area contributed by atoms with Crippen molar-refractivity contribution in [3.8, 4) is 0 Å². The smallest absolute Gasteiger partial charge is 0.350 e. The molecule has 0 atom stereocenters. The van der Waals surface area contributed by atoms with Crippen LogP contribution in [0.1, 0.15) is 13.8 Å². The maximum atomic E-state index is 11.7. The van der Waals surface area contributed by atoms with Gasteiger partial charge in [-0.1, -0.05) is 0 Å². The van der Waals surface area contributed by atoms with Crippen molar-refractivity contribution in [3.63, 3.8) is 0 Å². The number of rotatable bonds is 3. The fourth-order valence-corrected chi connectivity index (χ4v) is 1.57. The third kappa shape index (κ3) is 3.47. The zero-order valence-electron chi connectivity index (χ0n) is 12.2. The molecule has 112 valence electrons. The van der Waals surface area contributed by atoms with Crippen molar-refractivity contribution in [2.45, 2.75) is 19.6 Å². The first-order chi connectivity index (χ1) is 9.78. The van der Waals surface area contributed by atoms with Gasteiger partial charge in [-0.05, 0) is 12.1 Å². The van der Waals surface area contributed by atoms with Crippen molar-refractivity contribution in [3.05, 3.63) is 23.9 Å². The van der Waals surface area contributed by atoms with Gasteiger partial charge in [0.05, 0.1) is 0 Å². The van der Waals surface area contributed by atoms with E-state index in [0.717, 1.165) is 0 Å². The van der Waals surface area contributed by atoms with Crippen LogP contribution in [-0.4, -0.2) is 42.0 Å². The van der Waals surface area contributed by atoms with Gasteiger partial charge in [-0.25, -0.2) is 9.59 Å². The average molecular weight is 292 g/mol. The molecule has 1 N–H and O–H groups in total. The molecule has 2 heterocycles. The number of esters is 2. The monoisotopic (exact) mass is 292 g/mol. The van der Waals surface area contributed by atoms with Crippen LogP contribution in [0, 0.1) is 0 Å². The number of carbonyl (C=O) groups excluding carboxylic acids is 2. The summed E-state index contributed by atoms with van der Waals surface area (Å²) in [4.78, 5) is 25.2. The largest absolute Gasteiger partial charge is 0.419 e. The van der Waals surface area contributed by atoms with E-state index < -0.39 is 17.7 Å². The fourth-order valence-electron chi connectivity index (χ4n) is 1.57. The summed E-state index contributed by atoms with van der Waals surface area (Å²) < 4.78 is 9.93. The zero-order valence-corrected chi connectivity index (χ0v) is 12.2. The van der Waals surface area contributed by atoms with E-state index in [1.165, 1.54) is 20.0 Å². The van der Waals surface area contributed by atoms with Gasteiger partial charge in [-0.2, -0.15) is 0 Å². The van der Waals surface area contributed by atoms with Gasteiger partial charge < -0.3 is 19.7 Å². The third-order valence-electron chi connectivity index (χ3n) is 2.59. The van der Waals surface area contributed by atoms with Crippen LogP contribution in [0.2, 0.25) is 0 Å². The van der Waals surface area contributed by atoms with Crippen molar-refractivity contribution in [2.24, 2.45) is 0 Å². The van der Waals surface area contributed by atoms with Gasteiger partial charge in [0, 0.05) is 34.1 Å². The van der Waals surface area contributed by atoms with Crippen molar-refractivity contribution in [2.75, 3.05) is 24.3 Å². The first-order valence-corrected chi connectivity index (χ1v) is 6.23. The minimum atomic E-state index is -1.25. The molecule has 8 nitrogen and oxygen atoms in total. The predicted molar refractivity (Wildman–Crippen MR) is 74.3 cm³/mol. The summed E-state index contributed by atoms with van der Waals surface area (Å²) >= 11 is 0. The zero-order chi connectivity index (χ0) is 15.6. The summed E-state index contributed by atoms with van der Waals surface area (Å²) in [7, 11) is 3.68. The molecule has 1 aliphatic heterocycles. The van der Waals surface area contributed by atoms with Crippen LogP contribution in [0.15, 0.2) is 23.9 Å². The highest BCUT2D eigenvalue weighted by molar-refractivity contribution is 6.15. The molecule has 1 aromatic rings. The second-order valence-corrected chi connectivity index (χ2v) is 5.05. The maximum absolute atomic E-state index is 11.7. The summed E-state index contributed by atoms with van der Waals surface area (Å²) in [5.41, 5.74) is -0.229. The first-order valence-electron chi connectivity index (χ1n) is 6.23. The molecule has 0 saturated carbocycles. The molecule has 0 aromatic carbocycles. The average Bonchev–Trinajstić information content (AvgIpc) is 2.36. The molecule has 0 unspecified atom stereocenters. The number of ether oxygens (including phenoxy) is 2. The standard InChI is InChI=1S/C13H16N4O4/c1-13(2)20-11(18)8(12(19)21-13)7-14-9-5-6-10(16-15-9)17(3)4/h5-7H,1-4H3,(H,14,15). The van der Waals surface area contributed by atoms with Crippen LogP contribution in [0.25, 0.3) is 0 Å². The molecular weight excluding hydrogens is 276 g/mol. The molecular formula is C13H16N4O4. The number of hydrogen-bond acceptors (Lipinski definition) is 8. The van der Waals surface area contributed by atoms with E-state index in [0.29, 0.717) is 11.6 Å². The Morgan fingerprint density at radius 1 is 1.14 bits per heavy atom. The van der Waals surface area contributed by atoms with Crippen LogP contribution in [0.5, 0.6) is 0 Å². The van der Waals surface area contributed by atoms with Gasteiger partial charge in [0.1, 0.15) is 0 Å². The summed E-state index contributed by atoms with van der Waals surface area (Å²) in [5.74, 6) is -1.67. The van der Waals surface area contributed by atoms with Crippen LogP contribution >= 0.6 is 0 Å². The molecule has 1 saturated heterocycles. The topological polar surface area (TPSA) is 93.7 Å². The number of nitrogens with one attached hydrogen (secondary N) is 1. The van der Waals surface area contributed by atoms with Gasteiger partial charge in [-0.15, -0.1) is 10.2 Å².